The number of rotatable bonds is 3. The van der Waals surface area contributed by atoms with Gasteiger partial charge in [-0.1, -0.05) is 31.5 Å². The van der Waals surface area contributed by atoms with Crippen molar-refractivity contribution in [1.29, 1.82) is 0 Å². The van der Waals surface area contributed by atoms with Crippen LogP contribution in [0.15, 0.2) is 24.3 Å². The third kappa shape index (κ3) is 3.75. The van der Waals surface area contributed by atoms with Crippen molar-refractivity contribution in [2.75, 3.05) is 0 Å². The van der Waals surface area contributed by atoms with Gasteiger partial charge in [0.1, 0.15) is 0 Å². The zero-order valence-corrected chi connectivity index (χ0v) is 11.7. The van der Waals surface area contributed by atoms with E-state index >= 15 is 0 Å². The maximum Gasteiger partial charge on any atom is 0.416 e. The summed E-state index contributed by atoms with van der Waals surface area (Å²) >= 11 is 0. The number of hydrogen-bond donors (Lipinski definition) is 1. The Bertz CT molecular complexity index is 445. The molecule has 112 valence electrons. The highest BCUT2D eigenvalue weighted by atomic mass is 19.4. The molecule has 2 rings (SSSR count). The molecule has 1 N–H and O–H groups in total. The molecule has 0 saturated heterocycles. The molecule has 0 heterocycles. The predicted octanol–water partition coefficient (Wildman–Crippen LogP) is 4.58. The van der Waals surface area contributed by atoms with E-state index in [1.54, 1.807) is 6.07 Å². The van der Waals surface area contributed by atoms with Crippen LogP contribution in [0.4, 0.5) is 13.2 Å². The Kier molecular flexibility index (Phi) is 4.43. The second-order valence-electron chi connectivity index (χ2n) is 5.95. The van der Waals surface area contributed by atoms with Crippen molar-refractivity contribution < 1.29 is 18.3 Å². The average Bonchev–Trinajstić information content (AvgIpc) is 2.38. The zero-order chi connectivity index (χ0) is 14.8. The molecule has 0 amide bonds. The van der Waals surface area contributed by atoms with E-state index in [9.17, 15) is 18.3 Å². The maximum absolute atomic E-state index is 12.7. The summed E-state index contributed by atoms with van der Waals surface area (Å²) in [6.07, 6.45) is 0.396. The molecule has 0 unspecified atom stereocenters. The molecular weight excluding hydrogens is 265 g/mol. The van der Waals surface area contributed by atoms with Gasteiger partial charge >= 0.3 is 6.18 Å². The molecule has 0 radical (unpaired) electrons. The molecule has 1 nitrogen and oxygen atoms in total. The molecule has 1 aliphatic rings. The first-order chi connectivity index (χ1) is 9.32. The topological polar surface area (TPSA) is 20.2 Å². The number of halogens is 3. The first-order valence-corrected chi connectivity index (χ1v) is 7.21. The van der Waals surface area contributed by atoms with Gasteiger partial charge in [-0.05, 0) is 43.2 Å². The lowest BCUT2D eigenvalue weighted by molar-refractivity contribution is -0.137. The van der Waals surface area contributed by atoms with Crippen molar-refractivity contribution in [2.45, 2.75) is 57.2 Å². The summed E-state index contributed by atoms with van der Waals surface area (Å²) in [7, 11) is 0. The Morgan fingerprint density at radius 2 is 1.90 bits per heavy atom. The van der Waals surface area contributed by atoms with Crippen LogP contribution in [0, 0.1) is 5.92 Å². The van der Waals surface area contributed by atoms with Crippen LogP contribution in [0.2, 0.25) is 0 Å². The Morgan fingerprint density at radius 3 is 2.45 bits per heavy atom. The Hall–Kier alpha value is -1.03. The lowest BCUT2D eigenvalue weighted by atomic mass is 9.75. The van der Waals surface area contributed by atoms with Gasteiger partial charge in [0.2, 0.25) is 0 Å². The highest BCUT2D eigenvalue weighted by Crippen LogP contribution is 2.36. The van der Waals surface area contributed by atoms with E-state index in [4.69, 9.17) is 0 Å². The summed E-state index contributed by atoms with van der Waals surface area (Å²) in [6.45, 7) is 2.14. The predicted molar refractivity (Wildman–Crippen MR) is 72.3 cm³/mol. The van der Waals surface area contributed by atoms with E-state index < -0.39 is 17.3 Å². The zero-order valence-electron chi connectivity index (χ0n) is 11.7. The van der Waals surface area contributed by atoms with Gasteiger partial charge in [0.05, 0.1) is 11.2 Å². The van der Waals surface area contributed by atoms with E-state index in [-0.39, 0.29) is 0 Å². The molecule has 1 aliphatic carbocycles. The molecule has 1 fully saturated rings. The second-order valence-corrected chi connectivity index (χ2v) is 5.95. The van der Waals surface area contributed by atoms with Gasteiger partial charge in [0, 0.05) is 6.42 Å². The van der Waals surface area contributed by atoms with Crippen LogP contribution >= 0.6 is 0 Å². The molecule has 1 saturated carbocycles. The molecule has 0 aliphatic heterocycles. The molecule has 4 heteroatoms. The Balaban J connectivity index is 2.07. The highest BCUT2D eigenvalue weighted by Gasteiger charge is 2.34. The van der Waals surface area contributed by atoms with Crippen LogP contribution in [0.1, 0.15) is 50.2 Å². The van der Waals surface area contributed by atoms with Crippen LogP contribution < -0.4 is 0 Å². The Labute approximate surface area is 117 Å². The summed E-state index contributed by atoms with van der Waals surface area (Å²) < 4.78 is 38.0. The number of benzene rings is 1. The van der Waals surface area contributed by atoms with E-state index in [0.29, 0.717) is 30.7 Å². The van der Waals surface area contributed by atoms with Crippen molar-refractivity contribution in [3.05, 3.63) is 35.4 Å². The molecule has 1 aromatic rings. The minimum absolute atomic E-state index is 0.313. The average molecular weight is 286 g/mol. The third-order valence-corrected chi connectivity index (χ3v) is 4.40. The first-order valence-electron chi connectivity index (χ1n) is 7.21. The summed E-state index contributed by atoms with van der Waals surface area (Å²) in [4.78, 5) is 0. The lowest BCUT2D eigenvalue weighted by Gasteiger charge is -2.36. The lowest BCUT2D eigenvalue weighted by Crippen LogP contribution is -2.36. The molecular formula is C16H21F3O. The van der Waals surface area contributed by atoms with Crippen molar-refractivity contribution in [3.8, 4) is 0 Å². The molecule has 0 aromatic heterocycles. The largest absolute Gasteiger partial charge is 0.416 e. The second kappa shape index (κ2) is 5.76. The van der Waals surface area contributed by atoms with Crippen LogP contribution in [0.5, 0.6) is 0 Å². The summed E-state index contributed by atoms with van der Waals surface area (Å²) in [6, 6.07) is 5.31. The van der Waals surface area contributed by atoms with Gasteiger partial charge in [-0.15, -0.1) is 0 Å². The normalized spacial score (nSPS) is 27.6. The maximum atomic E-state index is 12.7. The molecule has 20 heavy (non-hydrogen) atoms. The Morgan fingerprint density at radius 1 is 1.25 bits per heavy atom. The number of hydrogen-bond acceptors (Lipinski definition) is 1. The SMILES string of the molecule is CCC1CCC(O)(Cc2cccc(C(F)(F)F)c2)CC1. The van der Waals surface area contributed by atoms with Gasteiger partial charge < -0.3 is 5.11 Å². The van der Waals surface area contributed by atoms with Crippen LogP contribution in [0.25, 0.3) is 0 Å². The van der Waals surface area contributed by atoms with Crippen LogP contribution in [-0.2, 0) is 12.6 Å². The van der Waals surface area contributed by atoms with E-state index in [0.717, 1.165) is 31.4 Å². The fourth-order valence-corrected chi connectivity index (χ4v) is 3.04. The fraction of sp³-hybridized carbons (Fsp3) is 0.625. The van der Waals surface area contributed by atoms with Crippen molar-refractivity contribution in [1.82, 2.24) is 0 Å². The van der Waals surface area contributed by atoms with Crippen molar-refractivity contribution in [3.63, 3.8) is 0 Å². The smallest absolute Gasteiger partial charge is 0.390 e. The molecule has 1 aromatic carbocycles. The summed E-state index contributed by atoms with van der Waals surface area (Å²) in [5.41, 5.74) is -0.909. The minimum atomic E-state index is -4.32. The van der Waals surface area contributed by atoms with Gasteiger partial charge in [-0.3, -0.25) is 0 Å². The van der Waals surface area contributed by atoms with Gasteiger partial charge in [-0.25, -0.2) is 0 Å². The van der Waals surface area contributed by atoms with Crippen molar-refractivity contribution >= 4 is 0 Å². The summed E-state index contributed by atoms with van der Waals surface area (Å²) in [5, 5.41) is 10.6. The number of aliphatic hydroxyl groups is 1. The van der Waals surface area contributed by atoms with Crippen LogP contribution in [-0.4, -0.2) is 10.7 Å². The first kappa shape index (κ1) is 15.4. The van der Waals surface area contributed by atoms with Crippen molar-refractivity contribution in [2.24, 2.45) is 5.92 Å². The summed E-state index contributed by atoms with van der Waals surface area (Å²) in [5.74, 6) is 0.650. The molecule has 0 atom stereocenters. The fourth-order valence-electron chi connectivity index (χ4n) is 3.04. The standard InChI is InChI=1S/C16H21F3O/c1-2-12-6-8-15(20,9-7-12)11-13-4-3-5-14(10-13)16(17,18)19/h3-5,10,12,20H,2,6-9,11H2,1H3. The minimum Gasteiger partial charge on any atom is -0.390 e. The highest BCUT2D eigenvalue weighted by molar-refractivity contribution is 5.27. The van der Waals surface area contributed by atoms with E-state index in [1.165, 1.54) is 6.07 Å². The number of alkyl halides is 3. The monoisotopic (exact) mass is 286 g/mol. The van der Waals surface area contributed by atoms with Gasteiger partial charge in [-0.2, -0.15) is 13.2 Å². The van der Waals surface area contributed by atoms with Gasteiger partial charge in [0.15, 0.2) is 0 Å². The van der Waals surface area contributed by atoms with Crippen LogP contribution in [0.3, 0.4) is 0 Å². The van der Waals surface area contributed by atoms with Gasteiger partial charge in [0.25, 0.3) is 0 Å². The quantitative estimate of drug-likeness (QED) is 0.862. The third-order valence-electron chi connectivity index (χ3n) is 4.40. The molecule has 0 bridgehead atoms. The molecule has 0 spiro atoms. The van der Waals surface area contributed by atoms with E-state index in [1.807, 2.05) is 0 Å². The van der Waals surface area contributed by atoms with E-state index in [2.05, 4.69) is 6.92 Å².